The molecular weight excluding hydrogens is 252 g/mol. The van der Waals surface area contributed by atoms with Crippen LogP contribution < -0.4 is 11.5 Å². The summed E-state index contributed by atoms with van der Waals surface area (Å²) in [5, 5.41) is 0. The van der Waals surface area contributed by atoms with Crippen LogP contribution in [0.2, 0.25) is 0 Å². The number of pyridine rings is 1. The van der Waals surface area contributed by atoms with Crippen molar-refractivity contribution in [3.05, 3.63) is 16.8 Å². The minimum Gasteiger partial charge on any atom is -0.396 e. The van der Waals surface area contributed by atoms with Crippen LogP contribution in [0.25, 0.3) is 0 Å². The molecule has 1 atom stereocenters. The Kier molecular flexibility index (Phi) is 3.07. The number of amides is 1. The number of nitrogens with two attached hydrogens (primary N) is 2. The van der Waals surface area contributed by atoms with Crippen LogP contribution in [0, 0.1) is 19.8 Å². The molecular formula is C15H22N4O. The first kappa shape index (κ1) is 13.2. The number of carbonyl (C=O) groups excluding carboxylic acids is 1. The molecule has 0 bridgehead atoms. The van der Waals surface area contributed by atoms with Crippen LogP contribution in [0.3, 0.4) is 0 Å². The highest BCUT2D eigenvalue weighted by Crippen LogP contribution is 2.36. The largest absolute Gasteiger partial charge is 0.396 e. The van der Waals surface area contributed by atoms with Gasteiger partial charge >= 0.3 is 0 Å². The number of likely N-dealkylation sites (tertiary alicyclic amines) is 1. The van der Waals surface area contributed by atoms with Gasteiger partial charge in [-0.3, -0.25) is 4.79 Å². The zero-order chi connectivity index (χ0) is 14.4. The van der Waals surface area contributed by atoms with E-state index in [1.165, 1.54) is 0 Å². The van der Waals surface area contributed by atoms with Gasteiger partial charge in [0.15, 0.2) is 0 Å². The predicted octanol–water partition coefficient (Wildman–Crippen LogP) is 1.59. The summed E-state index contributed by atoms with van der Waals surface area (Å²) < 4.78 is 0. The highest BCUT2D eigenvalue weighted by molar-refractivity contribution is 5.81. The molecule has 3 rings (SSSR count). The summed E-state index contributed by atoms with van der Waals surface area (Å²) in [6.07, 6.45) is 3.09. The Morgan fingerprint density at radius 2 is 1.90 bits per heavy atom. The first-order chi connectivity index (χ1) is 9.49. The van der Waals surface area contributed by atoms with Crippen molar-refractivity contribution < 1.29 is 4.79 Å². The van der Waals surface area contributed by atoms with E-state index in [1.807, 2.05) is 18.7 Å². The van der Waals surface area contributed by atoms with Crippen molar-refractivity contribution in [1.29, 1.82) is 0 Å². The Morgan fingerprint density at radius 1 is 1.20 bits per heavy atom. The maximum Gasteiger partial charge on any atom is 0.225 e. The third-order valence-corrected chi connectivity index (χ3v) is 4.68. The second-order valence-electron chi connectivity index (χ2n) is 6.09. The Balaban J connectivity index is 1.82. The first-order valence-electron chi connectivity index (χ1n) is 7.30. The molecule has 1 aromatic heterocycles. The Labute approximate surface area is 119 Å². The molecule has 5 heteroatoms. The van der Waals surface area contributed by atoms with Crippen molar-refractivity contribution in [3.8, 4) is 0 Å². The Bertz CT molecular complexity index is 565. The van der Waals surface area contributed by atoms with E-state index < -0.39 is 0 Å². The van der Waals surface area contributed by atoms with Crippen molar-refractivity contribution >= 4 is 17.4 Å². The molecule has 1 saturated heterocycles. The van der Waals surface area contributed by atoms with Gasteiger partial charge in [-0.2, -0.15) is 0 Å². The number of hydrogen-bond acceptors (Lipinski definition) is 4. The molecule has 1 unspecified atom stereocenters. The molecule has 0 radical (unpaired) electrons. The Hall–Kier alpha value is -1.78. The molecule has 0 spiro atoms. The van der Waals surface area contributed by atoms with E-state index in [4.69, 9.17) is 11.5 Å². The van der Waals surface area contributed by atoms with Gasteiger partial charge < -0.3 is 16.4 Å². The van der Waals surface area contributed by atoms with Gasteiger partial charge in [-0.15, -0.1) is 0 Å². The maximum atomic E-state index is 12.1. The number of aromatic nitrogens is 1. The van der Waals surface area contributed by atoms with E-state index in [1.54, 1.807) is 0 Å². The van der Waals surface area contributed by atoms with Gasteiger partial charge in [-0.05, 0) is 44.2 Å². The number of carbonyl (C=O) groups is 1. The Morgan fingerprint density at radius 3 is 2.55 bits per heavy atom. The molecule has 4 N–H and O–H groups in total. The first-order valence-corrected chi connectivity index (χ1v) is 7.30. The summed E-state index contributed by atoms with van der Waals surface area (Å²) >= 11 is 0. The summed E-state index contributed by atoms with van der Waals surface area (Å²) in [4.78, 5) is 18.6. The van der Waals surface area contributed by atoms with Gasteiger partial charge in [0.25, 0.3) is 0 Å². The van der Waals surface area contributed by atoms with Gasteiger partial charge in [-0.25, -0.2) is 4.98 Å². The molecule has 2 heterocycles. The number of nitrogens with zero attached hydrogens (tertiary/aromatic N) is 2. The third kappa shape index (κ3) is 2.11. The predicted molar refractivity (Wildman–Crippen MR) is 79.2 cm³/mol. The lowest BCUT2D eigenvalue weighted by Crippen LogP contribution is -2.29. The summed E-state index contributed by atoms with van der Waals surface area (Å²) in [6, 6.07) is 0. The second kappa shape index (κ2) is 4.65. The zero-order valence-electron chi connectivity index (χ0n) is 12.1. The van der Waals surface area contributed by atoms with Gasteiger partial charge in [-0.1, -0.05) is 0 Å². The van der Waals surface area contributed by atoms with E-state index in [9.17, 15) is 4.79 Å². The highest BCUT2D eigenvalue weighted by Gasteiger charge is 2.37. The van der Waals surface area contributed by atoms with Crippen LogP contribution >= 0.6 is 0 Å². The standard InChI is InChI=1S/C15H22N4O/c1-8-9(2)13(18-14(17)12(8)16)11-5-6-19(7-11)15(20)10-3-4-10/h10-11H,3-7,16H2,1-2H3,(H2,17,18). The van der Waals surface area contributed by atoms with E-state index >= 15 is 0 Å². The summed E-state index contributed by atoms with van der Waals surface area (Å²) in [7, 11) is 0. The second-order valence-corrected chi connectivity index (χ2v) is 6.09. The minimum absolute atomic E-state index is 0.291. The average molecular weight is 274 g/mol. The van der Waals surface area contributed by atoms with Crippen LogP contribution in [0.4, 0.5) is 11.5 Å². The van der Waals surface area contributed by atoms with Gasteiger partial charge in [0, 0.05) is 24.9 Å². The lowest BCUT2D eigenvalue weighted by Gasteiger charge is -2.19. The minimum atomic E-state index is 0.291. The maximum absolute atomic E-state index is 12.1. The number of nitrogen functional groups attached to an aromatic ring is 2. The van der Waals surface area contributed by atoms with Gasteiger partial charge in [0.05, 0.1) is 11.4 Å². The fourth-order valence-electron chi connectivity index (χ4n) is 3.03. The summed E-state index contributed by atoms with van der Waals surface area (Å²) in [5.41, 5.74) is 15.5. The monoisotopic (exact) mass is 274 g/mol. The molecule has 0 aromatic carbocycles. The summed E-state index contributed by atoms with van der Waals surface area (Å²) in [5.74, 6) is 1.32. The molecule has 1 amide bonds. The lowest BCUT2D eigenvalue weighted by molar-refractivity contribution is -0.131. The van der Waals surface area contributed by atoms with E-state index in [0.29, 0.717) is 29.2 Å². The smallest absolute Gasteiger partial charge is 0.225 e. The molecule has 2 fully saturated rings. The number of anilines is 2. The van der Waals surface area contributed by atoms with Crippen LogP contribution in [0.5, 0.6) is 0 Å². The van der Waals surface area contributed by atoms with Crippen molar-refractivity contribution in [1.82, 2.24) is 9.88 Å². The highest BCUT2D eigenvalue weighted by atomic mass is 16.2. The van der Waals surface area contributed by atoms with E-state index in [0.717, 1.165) is 49.2 Å². The van der Waals surface area contributed by atoms with Crippen LogP contribution in [0.15, 0.2) is 0 Å². The zero-order valence-corrected chi connectivity index (χ0v) is 12.1. The molecule has 20 heavy (non-hydrogen) atoms. The third-order valence-electron chi connectivity index (χ3n) is 4.68. The van der Waals surface area contributed by atoms with Crippen molar-refractivity contribution in [2.75, 3.05) is 24.6 Å². The average Bonchev–Trinajstić information content (AvgIpc) is 3.17. The quantitative estimate of drug-likeness (QED) is 0.857. The molecule has 1 saturated carbocycles. The molecule has 1 aliphatic heterocycles. The number of rotatable bonds is 2. The fourth-order valence-corrected chi connectivity index (χ4v) is 3.03. The van der Waals surface area contributed by atoms with E-state index in [2.05, 4.69) is 4.98 Å². The fraction of sp³-hybridized carbons (Fsp3) is 0.600. The van der Waals surface area contributed by atoms with Gasteiger partial charge in [0.2, 0.25) is 5.91 Å². The number of hydrogen-bond donors (Lipinski definition) is 2. The molecule has 108 valence electrons. The summed E-state index contributed by atoms with van der Waals surface area (Å²) in [6.45, 7) is 5.63. The van der Waals surface area contributed by atoms with Crippen LogP contribution in [-0.2, 0) is 4.79 Å². The molecule has 1 aliphatic carbocycles. The van der Waals surface area contributed by atoms with Crippen molar-refractivity contribution in [3.63, 3.8) is 0 Å². The van der Waals surface area contributed by atoms with Gasteiger partial charge in [0.1, 0.15) is 5.82 Å². The molecule has 5 nitrogen and oxygen atoms in total. The lowest BCUT2D eigenvalue weighted by atomic mass is 9.96. The van der Waals surface area contributed by atoms with E-state index in [-0.39, 0.29) is 0 Å². The van der Waals surface area contributed by atoms with Crippen LogP contribution in [0.1, 0.15) is 42.0 Å². The molecule has 1 aromatic rings. The van der Waals surface area contributed by atoms with Crippen molar-refractivity contribution in [2.24, 2.45) is 5.92 Å². The van der Waals surface area contributed by atoms with Crippen LogP contribution in [-0.4, -0.2) is 28.9 Å². The SMILES string of the molecule is Cc1c(C2CCN(C(=O)C3CC3)C2)nc(N)c(N)c1C. The normalized spacial score (nSPS) is 22.3. The van der Waals surface area contributed by atoms with Crippen molar-refractivity contribution in [2.45, 2.75) is 39.0 Å². The topological polar surface area (TPSA) is 85.2 Å². The molecule has 2 aliphatic rings.